The fourth-order valence-electron chi connectivity index (χ4n) is 1.54. The van der Waals surface area contributed by atoms with Crippen molar-refractivity contribution in [2.24, 2.45) is 7.05 Å². The molecule has 90 valence electrons. The number of hydrogen-bond acceptors (Lipinski definition) is 2. The summed E-state index contributed by atoms with van der Waals surface area (Å²) in [5.74, 6) is 0.502. The second kappa shape index (κ2) is 4.44. The van der Waals surface area contributed by atoms with Crippen molar-refractivity contribution in [3.8, 4) is 11.1 Å². The third kappa shape index (κ3) is 2.17. The summed E-state index contributed by atoms with van der Waals surface area (Å²) >= 11 is 3.13. The number of nitrogens with two attached hydrogens (primary N) is 1. The molecule has 0 saturated heterocycles. The Hall–Kier alpha value is -1.43. The molecule has 0 fully saturated rings. The summed E-state index contributed by atoms with van der Waals surface area (Å²) in [4.78, 5) is 0. The number of nitrogens with zero attached hydrogens (tertiary/aromatic N) is 2. The Labute approximate surface area is 105 Å². The van der Waals surface area contributed by atoms with Gasteiger partial charge in [-0.25, -0.2) is 8.78 Å². The highest BCUT2D eigenvalue weighted by Crippen LogP contribution is 2.33. The van der Waals surface area contributed by atoms with Crippen LogP contribution in [0.15, 0.2) is 28.9 Å². The monoisotopic (exact) mass is 301 g/mol. The minimum atomic E-state index is -2.50. The van der Waals surface area contributed by atoms with Crippen LogP contribution in [0, 0.1) is 0 Å². The predicted molar refractivity (Wildman–Crippen MR) is 65.7 cm³/mol. The van der Waals surface area contributed by atoms with Crippen molar-refractivity contribution in [3.05, 3.63) is 34.4 Å². The number of rotatable bonds is 2. The Morgan fingerprint density at radius 2 is 2.12 bits per heavy atom. The van der Waals surface area contributed by atoms with Gasteiger partial charge in [-0.3, -0.25) is 4.68 Å². The van der Waals surface area contributed by atoms with Crippen LogP contribution in [0.3, 0.4) is 0 Å². The quantitative estimate of drug-likeness (QED) is 0.924. The average molecular weight is 302 g/mol. The van der Waals surface area contributed by atoms with Crippen LogP contribution >= 0.6 is 15.9 Å². The molecule has 0 aliphatic heterocycles. The highest BCUT2D eigenvalue weighted by molar-refractivity contribution is 9.10. The van der Waals surface area contributed by atoms with Crippen molar-refractivity contribution in [1.29, 1.82) is 0 Å². The molecule has 1 heterocycles. The van der Waals surface area contributed by atoms with Gasteiger partial charge in [0.1, 0.15) is 5.82 Å². The fraction of sp³-hybridized carbons (Fsp3) is 0.182. The van der Waals surface area contributed by atoms with Crippen molar-refractivity contribution >= 4 is 21.7 Å². The van der Waals surface area contributed by atoms with Crippen molar-refractivity contribution in [1.82, 2.24) is 9.78 Å². The molecule has 1 aromatic heterocycles. The zero-order valence-corrected chi connectivity index (χ0v) is 10.6. The summed E-state index contributed by atoms with van der Waals surface area (Å²) < 4.78 is 27.0. The highest BCUT2D eigenvalue weighted by Gasteiger charge is 2.14. The zero-order chi connectivity index (χ0) is 12.6. The van der Waals surface area contributed by atoms with Crippen LogP contribution in [0.4, 0.5) is 14.6 Å². The van der Waals surface area contributed by atoms with Crippen LogP contribution in [0.5, 0.6) is 0 Å². The maximum Gasteiger partial charge on any atom is 0.264 e. The number of benzene rings is 1. The first-order valence-electron chi connectivity index (χ1n) is 4.86. The average Bonchev–Trinajstić information content (AvgIpc) is 2.59. The molecule has 0 aliphatic rings. The standard InChI is InChI=1S/C11H10BrF2N3/c1-17-11(15)8(5-16-17)6-2-3-7(10(13)14)9(12)4-6/h2-5,10H,15H2,1H3. The van der Waals surface area contributed by atoms with Gasteiger partial charge < -0.3 is 5.73 Å². The van der Waals surface area contributed by atoms with Crippen LogP contribution in [0.25, 0.3) is 11.1 Å². The van der Waals surface area contributed by atoms with E-state index in [2.05, 4.69) is 21.0 Å². The summed E-state index contributed by atoms with van der Waals surface area (Å²) in [6.45, 7) is 0. The van der Waals surface area contributed by atoms with E-state index in [1.54, 1.807) is 25.4 Å². The Morgan fingerprint density at radius 3 is 2.59 bits per heavy atom. The second-order valence-electron chi connectivity index (χ2n) is 3.60. The van der Waals surface area contributed by atoms with Gasteiger partial charge in [0.15, 0.2) is 0 Å². The molecule has 2 rings (SSSR count). The summed E-state index contributed by atoms with van der Waals surface area (Å²) in [6, 6.07) is 4.62. The third-order valence-corrected chi connectivity index (χ3v) is 3.22. The minimum absolute atomic E-state index is 0.0313. The first-order chi connectivity index (χ1) is 8.00. The van der Waals surface area contributed by atoms with Gasteiger partial charge in [0.25, 0.3) is 6.43 Å². The van der Waals surface area contributed by atoms with Gasteiger partial charge >= 0.3 is 0 Å². The number of halogens is 3. The van der Waals surface area contributed by atoms with Crippen molar-refractivity contribution in [2.45, 2.75) is 6.43 Å². The molecule has 0 unspecified atom stereocenters. The normalized spacial score (nSPS) is 11.1. The molecule has 2 aromatic rings. The van der Waals surface area contributed by atoms with Crippen molar-refractivity contribution < 1.29 is 8.78 Å². The SMILES string of the molecule is Cn1ncc(-c2ccc(C(F)F)c(Br)c2)c1N. The lowest BCUT2D eigenvalue weighted by molar-refractivity contribution is 0.150. The number of nitrogen functional groups attached to an aromatic ring is 1. The number of hydrogen-bond donors (Lipinski definition) is 1. The van der Waals surface area contributed by atoms with Gasteiger partial charge in [0, 0.05) is 22.6 Å². The zero-order valence-electron chi connectivity index (χ0n) is 8.99. The topological polar surface area (TPSA) is 43.8 Å². The van der Waals surface area contributed by atoms with Crippen LogP contribution in [-0.4, -0.2) is 9.78 Å². The molecular weight excluding hydrogens is 292 g/mol. The molecule has 1 aromatic carbocycles. The molecule has 0 aliphatic carbocycles. The molecule has 2 N–H and O–H groups in total. The van der Waals surface area contributed by atoms with E-state index in [1.165, 1.54) is 10.7 Å². The van der Waals surface area contributed by atoms with Gasteiger partial charge in [0.05, 0.1) is 6.20 Å². The number of aromatic nitrogens is 2. The summed E-state index contributed by atoms with van der Waals surface area (Å²) in [5.41, 5.74) is 7.28. The van der Waals surface area contributed by atoms with Gasteiger partial charge in [-0.2, -0.15) is 5.10 Å². The molecular formula is C11H10BrF2N3. The molecule has 6 heteroatoms. The van der Waals surface area contributed by atoms with Crippen LogP contribution < -0.4 is 5.73 Å². The Morgan fingerprint density at radius 1 is 1.41 bits per heavy atom. The molecule has 17 heavy (non-hydrogen) atoms. The molecule has 0 spiro atoms. The van der Waals surface area contributed by atoms with Crippen LogP contribution in [0.1, 0.15) is 12.0 Å². The summed E-state index contributed by atoms with van der Waals surface area (Å²) in [5, 5.41) is 4.01. The van der Waals surface area contributed by atoms with E-state index >= 15 is 0 Å². The smallest absolute Gasteiger partial charge is 0.264 e. The molecule has 0 atom stereocenters. The lowest BCUT2D eigenvalue weighted by Crippen LogP contribution is -1.98. The summed E-state index contributed by atoms with van der Waals surface area (Å²) in [7, 11) is 1.72. The first kappa shape index (κ1) is 12.0. The lowest BCUT2D eigenvalue weighted by Gasteiger charge is -2.06. The number of anilines is 1. The molecule has 0 amide bonds. The van der Waals surface area contributed by atoms with Gasteiger partial charge in [-0.1, -0.05) is 28.1 Å². The molecule has 0 bridgehead atoms. The Kier molecular flexibility index (Phi) is 3.15. The fourth-order valence-corrected chi connectivity index (χ4v) is 2.09. The van der Waals surface area contributed by atoms with E-state index in [1.807, 2.05) is 0 Å². The third-order valence-electron chi connectivity index (χ3n) is 2.53. The van der Waals surface area contributed by atoms with Gasteiger partial charge in [-0.05, 0) is 11.6 Å². The lowest BCUT2D eigenvalue weighted by atomic mass is 10.1. The Bertz CT molecular complexity index is 552. The Balaban J connectivity index is 2.48. The van der Waals surface area contributed by atoms with Crippen molar-refractivity contribution in [2.75, 3.05) is 5.73 Å². The predicted octanol–water partition coefficient (Wildman–Crippen LogP) is 3.37. The van der Waals surface area contributed by atoms with E-state index in [9.17, 15) is 8.78 Å². The number of aryl methyl sites for hydroxylation is 1. The second-order valence-corrected chi connectivity index (χ2v) is 4.46. The van der Waals surface area contributed by atoms with Gasteiger partial charge in [-0.15, -0.1) is 0 Å². The van der Waals surface area contributed by atoms with Crippen LogP contribution in [-0.2, 0) is 7.05 Å². The van der Waals surface area contributed by atoms with E-state index in [-0.39, 0.29) is 5.56 Å². The van der Waals surface area contributed by atoms with Crippen molar-refractivity contribution in [3.63, 3.8) is 0 Å². The van der Waals surface area contributed by atoms with E-state index in [0.29, 0.717) is 10.3 Å². The minimum Gasteiger partial charge on any atom is -0.383 e. The molecule has 3 nitrogen and oxygen atoms in total. The van der Waals surface area contributed by atoms with Gasteiger partial charge in [0.2, 0.25) is 0 Å². The van der Waals surface area contributed by atoms with E-state index in [4.69, 9.17) is 5.73 Å². The van der Waals surface area contributed by atoms with E-state index in [0.717, 1.165) is 11.1 Å². The maximum absolute atomic E-state index is 12.6. The highest BCUT2D eigenvalue weighted by atomic mass is 79.9. The first-order valence-corrected chi connectivity index (χ1v) is 5.65. The molecule has 0 radical (unpaired) electrons. The molecule has 0 saturated carbocycles. The van der Waals surface area contributed by atoms with E-state index < -0.39 is 6.43 Å². The largest absolute Gasteiger partial charge is 0.383 e. The summed E-state index contributed by atoms with van der Waals surface area (Å²) in [6.07, 6.45) is -0.885. The maximum atomic E-state index is 12.6. The van der Waals surface area contributed by atoms with Crippen LogP contribution in [0.2, 0.25) is 0 Å². The number of alkyl halides is 2.